The molecule has 0 bridgehead atoms. The number of aliphatic hydroxyl groups excluding tert-OH is 1. The van der Waals surface area contributed by atoms with Gasteiger partial charge in [0.1, 0.15) is 11.8 Å². The van der Waals surface area contributed by atoms with Gasteiger partial charge in [-0.3, -0.25) is 0 Å². The van der Waals surface area contributed by atoms with Crippen LogP contribution in [0.3, 0.4) is 0 Å². The summed E-state index contributed by atoms with van der Waals surface area (Å²) in [6.45, 7) is 0. The van der Waals surface area contributed by atoms with E-state index in [4.69, 9.17) is 5.26 Å². The Hall–Kier alpha value is -1.40. The second-order valence-electron chi connectivity index (χ2n) is 2.91. The molecule has 1 aromatic rings. The van der Waals surface area contributed by atoms with Crippen LogP contribution in [-0.2, 0) is 6.42 Å². The van der Waals surface area contributed by atoms with Crippen LogP contribution in [0.1, 0.15) is 29.5 Å². The lowest BCUT2D eigenvalue weighted by molar-refractivity contribution is 0.175. The predicted octanol–water partition coefficient (Wildman–Crippen LogP) is 0.933. The molecule has 1 aliphatic rings. The maximum absolute atomic E-state index is 9.43. The Balaban J connectivity index is 2.52. The maximum atomic E-state index is 9.43. The van der Waals surface area contributed by atoms with Crippen molar-refractivity contribution in [1.29, 1.82) is 5.26 Å². The molecule has 0 saturated carbocycles. The second kappa shape index (κ2) is 2.58. The van der Waals surface area contributed by atoms with Crippen LogP contribution in [0, 0.1) is 11.3 Å². The van der Waals surface area contributed by atoms with Crippen LogP contribution in [0.5, 0.6) is 0 Å². The fourth-order valence-electron chi connectivity index (χ4n) is 1.49. The summed E-state index contributed by atoms with van der Waals surface area (Å²) in [4.78, 5) is 4.04. The molecule has 0 aromatic carbocycles. The standard InChI is InChI=1S/C9H8N2O/c10-5-7-3-1-6-2-4-8(12)9(6)11-7/h1,3,8,12H,2,4H2. The monoisotopic (exact) mass is 160 g/mol. The number of hydrogen-bond donors (Lipinski definition) is 1. The van der Waals surface area contributed by atoms with Crippen molar-refractivity contribution in [3.63, 3.8) is 0 Å². The van der Waals surface area contributed by atoms with Gasteiger partial charge in [-0.1, -0.05) is 6.07 Å². The summed E-state index contributed by atoms with van der Waals surface area (Å²) in [5, 5.41) is 18.0. The molecular weight excluding hydrogens is 152 g/mol. The largest absolute Gasteiger partial charge is 0.387 e. The summed E-state index contributed by atoms with van der Waals surface area (Å²) in [5.74, 6) is 0. The molecule has 0 amide bonds. The molecule has 0 aliphatic heterocycles. The minimum Gasteiger partial charge on any atom is -0.387 e. The molecule has 3 nitrogen and oxygen atoms in total. The van der Waals surface area contributed by atoms with E-state index in [9.17, 15) is 5.11 Å². The first-order valence-electron chi connectivity index (χ1n) is 3.89. The first-order chi connectivity index (χ1) is 5.81. The van der Waals surface area contributed by atoms with Gasteiger partial charge in [-0.2, -0.15) is 5.26 Å². The van der Waals surface area contributed by atoms with Crippen molar-refractivity contribution in [3.05, 3.63) is 29.1 Å². The average Bonchev–Trinajstić information content (AvgIpc) is 2.47. The predicted molar refractivity (Wildman–Crippen MR) is 42.2 cm³/mol. The highest BCUT2D eigenvalue weighted by atomic mass is 16.3. The third kappa shape index (κ3) is 0.973. The van der Waals surface area contributed by atoms with Crippen molar-refractivity contribution in [1.82, 2.24) is 4.98 Å². The third-order valence-electron chi connectivity index (χ3n) is 2.13. The Morgan fingerprint density at radius 3 is 3.17 bits per heavy atom. The van der Waals surface area contributed by atoms with E-state index in [1.54, 1.807) is 6.07 Å². The molecule has 2 rings (SSSR count). The quantitative estimate of drug-likeness (QED) is 0.614. The first kappa shape index (κ1) is 7.26. The van der Waals surface area contributed by atoms with Crippen molar-refractivity contribution in [3.8, 4) is 6.07 Å². The fraction of sp³-hybridized carbons (Fsp3) is 0.333. The number of rotatable bonds is 0. The van der Waals surface area contributed by atoms with Gasteiger partial charge in [0.15, 0.2) is 0 Å². The van der Waals surface area contributed by atoms with Gasteiger partial charge in [0.2, 0.25) is 0 Å². The van der Waals surface area contributed by atoms with Gasteiger partial charge in [-0.25, -0.2) is 4.98 Å². The second-order valence-corrected chi connectivity index (χ2v) is 2.91. The lowest BCUT2D eigenvalue weighted by Crippen LogP contribution is -1.96. The minimum absolute atomic E-state index is 0.384. The smallest absolute Gasteiger partial charge is 0.140 e. The van der Waals surface area contributed by atoms with Crippen LogP contribution in [0.25, 0.3) is 0 Å². The van der Waals surface area contributed by atoms with Crippen molar-refractivity contribution in [2.24, 2.45) is 0 Å². The Bertz CT molecular complexity index is 354. The molecule has 0 fully saturated rings. The third-order valence-corrected chi connectivity index (χ3v) is 2.13. The van der Waals surface area contributed by atoms with Crippen molar-refractivity contribution >= 4 is 0 Å². The number of hydrogen-bond acceptors (Lipinski definition) is 3. The highest BCUT2D eigenvalue weighted by molar-refractivity contribution is 5.32. The van der Waals surface area contributed by atoms with Gasteiger partial charge in [0.05, 0.1) is 11.8 Å². The zero-order chi connectivity index (χ0) is 8.55. The van der Waals surface area contributed by atoms with E-state index in [0.717, 1.165) is 18.4 Å². The van der Waals surface area contributed by atoms with Crippen LogP contribution >= 0.6 is 0 Å². The van der Waals surface area contributed by atoms with E-state index in [1.807, 2.05) is 12.1 Å². The number of aryl methyl sites for hydroxylation is 1. The number of nitrogens with zero attached hydrogens (tertiary/aromatic N) is 2. The molecule has 60 valence electrons. The SMILES string of the molecule is N#Cc1ccc2c(n1)C(O)CC2. The number of aliphatic hydroxyl groups is 1. The molecule has 1 aliphatic carbocycles. The van der Waals surface area contributed by atoms with Gasteiger partial charge < -0.3 is 5.11 Å². The zero-order valence-corrected chi connectivity index (χ0v) is 6.49. The van der Waals surface area contributed by atoms with Crippen LogP contribution < -0.4 is 0 Å². The summed E-state index contributed by atoms with van der Waals surface area (Å²) in [6, 6.07) is 5.52. The van der Waals surface area contributed by atoms with Gasteiger partial charge in [-0.05, 0) is 24.5 Å². The van der Waals surface area contributed by atoms with Crippen molar-refractivity contribution < 1.29 is 5.11 Å². The Labute approximate surface area is 70.3 Å². The normalized spacial score (nSPS) is 20.2. The fourth-order valence-corrected chi connectivity index (χ4v) is 1.49. The summed E-state index contributed by atoms with van der Waals surface area (Å²) in [6.07, 6.45) is 1.14. The topological polar surface area (TPSA) is 56.9 Å². The molecule has 1 atom stereocenters. The molecule has 1 aromatic heterocycles. The molecule has 0 spiro atoms. The van der Waals surface area contributed by atoms with E-state index < -0.39 is 6.10 Å². The Morgan fingerprint density at radius 2 is 2.42 bits per heavy atom. The maximum Gasteiger partial charge on any atom is 0.140 e. The molecule has 0 radical (unpaired) electrons. The van der Waals surface area contributed by atoms with E-state index >= 15 is 0 Å². The van der Waals surface area contributed by atoms with E-state index in [1.165, 1.54) is 0 Å². The molecule has 3 heteroatoms. The van der Waals surface area contributed by atoms with Gasteiger partial charge in [0.25, 0.3) is 0 Å². The molecular formula is C9H8N2O. The van der Waals surface area contributed by atoms with Crippen molar-refractivity contribution in [2.45, 2.75) is 18.9 Å². The molecule has 0 saturated heterocycles. The zero-order valence-electron chi connectivity index (χ0n) is 6.49. The van der Waals surface area contributed by atoms with E-state index in [0.29, 0.717) is 11.4 Å². The highest BCUT2D eigenvalue weighted by Crippen LogP contribution is 2.28. The lowest BCUT2D eigenvalue weighted by Gasteiger charge is -2.01. The summed E-state index contributed by atoms with van der Waals surface area (Å²) in [7, 11) is 0. The summed E-state index contributed by atoms with van der Waals surface area (Å²) in [5.41, 5.74) is 2.14. The van der Waals surface area contributed by atoms with Gasteiger partial charge in [0, 0.05) is 0 Å². The molecule has 1 heterocycles. The first-order valence-corrected chi connectivity index (χ1v) is 3.89. The number of aromatic nitrogens is 1. The number of nitriles is 1. The van der Waals surface area contributed by atoms with Crippen LogP contribution in [-0.4, -0.2) is 10.1 Å². The summed E-state index contributed by atoms with van der Waals surface area (Å²) < 4.78 is 0. The van der Waals surface area contributed by atoms with Gasteiger partial charge in [-0.15, -0.1) is 0 Å². The molecule has 12 heavy (non-hydrogen) atoms. The van der Waals surface area contributed by atoms with Crippen LogP contribution in [0.4, 0.5) is 0 Å². The number of pyridine rings is 1. The van der Waals surface area contributed by atoms with Crippen LogP contribution in [0.2, 0.25) is 0 Å². The van der Waals surface area contributed by atoms with E-state index in [-0.39, 0.29) is 0 Å². The molecule has 1 unspecified atom stereocenters. The minimum atomic E-state index is -0.465. The molecule has 1 N–H and O–H groups in total. The Morgan fingerprint density at radius 1 is 1.58 bits per heavy atom. The summed E-state index contributed by atoms with van der Waals surface area (Å²) >= 11 is 0. The number of fused-ring (bicyclic) bond motifs is 1. The van der Waals surface area contributed by atoms with E-state index in [2.05, 4.69) is 4.98 Å². The van der Waals surface area contributed by atoms with Gasteiger partial charge >= 0.3 is 0 Å². The average molecular weight is 160 g/mol. The highest BCUT2D eigenvalue weighted by Gasteiger charge is 2.21. The lowest BCUT2D eigenvalue weighted by atomic mass is 10.2. The Kier molecular flexibility index (Phi) is 1.56. The van der Waals surface area contributed by atoms with Crippen LogP contribution in [0.15, 0.2) is 12.1 Å². The van der Waals surface area contributed by atoms with Crippen molar-refractivity contribution in [2.75, 3.05) is 0 Å².